The third-order valence-corrected chi connectivity index (χ3v) is 5.58. The number of rotatable bonds is 3. The Morgan fingerprint density at radius 1 is 1.21 bits per heavy atom. The van der Waals surface area contributed by atoms with Gasteiger partial charge in [-0.25, -0.2) is 4.98 Å². The quantitative estimate of drug-likeness (QED) is 0.838. The number of Topliss-reactive ketones (excluding diaryl/α,β-unsaturated/α-hetero) is 1. The lowest BCUT2D eigenvalue weighted by atomic mass is 9.99. The molecule has 0 N–H and O–H groups in total. The van der Waals surface area contributed by atoms with Crippen molar-refractivity contribution in [3.8, 4) is 11.3 Å². The predicted molar refractivity (Wildman–Crippen MR) is 80.7 cm³/mol. The molecule has 1 aliphatic carbocycles. The van der Waals surface area contributed by atoms with Crippen LogP contribution in [0, 0.1) is 0 Å². The molecule has 1 aromatic heterocycles. The normalized spacial score (nSPS) is 19.6. The highest BCUT2D eigenvalue weighted by atomic mass is 32.2. The maximum absolute atomic E-state index is 11.8. The van der Waals surface area contributed by atoms with E-state index in [4.69, 9.17) is 0 Å². The molecule has 0 spiro atoms. The number of hydrogen-bond acceptors (Lipinski definition) is 4. The third kappa shape index (κ3) is 3.07. The van der Waals surface area contributed by atoms with E-state index in [0.717, 1.165) is 34.9 Å². The van der Waals surface area contributed by atoms with Crippen molar-refractivity contribution in [2.24, 2.45) is 0 Å². The largest absolute Gasteiger partial charge is 0.298 e. The van der Waals surface area contributed by atoms with Gasteiger partial charge < -0.3 is 0 Å². The molecule has 3 rings (SSSR count). The highest BCUT2D eigenvalue weighted by Gasteiger charge is 2.24. The number of thiazole rings is 1. The van der Waals surface area contributed by atoms with Gasteiger partial charge in [0.1, 0.15) is 5.78 Å². The second-order valence-corrected chi connectivity index (χ2v) is 6.99. The van der Waals surface area contributed by atoms with Crippen molar-refractivity contribution in [1.82, 2.24) is 4.98 Å². The lowest BCUT2D eigenvalue weighted by Crippen LogP contribution is -2.21. The molecular formula is C15H15NOS2. The summed E-state index contributed by atoms with van der Waals surface area (Å²) in [6.07, 6.45) is 3.97. The van der Waals surface area contributed by atoms with Crippen LogP contribution in [0.5, 0.6) is 0 Å². The summed E-state index contributed by atoms with van der Waals surface area (Å²) in [5.74, 6) is 0.396. The molecule has 19 heavy (non-hydrogen) atoms. The molecule has 1 aromatic carbocycles. The molecule has 2 nitrogen and oxygen atoms in total. The van der Waals surface area contributed by atoms with E-state index < -0.39 is 0 Å². The first-order chi connectivity index (χ1) is 9.33. The first-order valence-corrected chi connectivity index (χ1v) is 8.29. The zero-order chi connectivity index (χ0) is 13.1. The average molecular weight is 289 g/mol. The van der Waals surface area contributed by atoms with Gasteiger partial charge in [-0.05, 0) is 12.8 Å². The van der Waals surface area contributed by atoms with E-state index in [2.05, 4.69) is 22.5 Å². The Balaban J connectivity index is 1.73. The fraction of sp³-hybridized carbons (Fsp3) is 0.333. The zero-order valence-corrected chi connectivity index (χ0v) is 12.2. The van der Waals surface area contributed by atoms with Gasteiger partial charge in [-0.2, -0.15) is 0 Å². The molecule has 1 heterocycles. The second kappa shape index (κ2) is 5.88. The minimum Gasteiger partial charge on any atom is -0.298 e. The lowest BCUT2D eigenvalue weighted by Gasteiger charge is -2.18. The molecule has 0 amide bonds. The molecule has 0 aliphatic heterocycles. The summed E-state index contributed by atoms with van der Waals surface area (Å²) in [5.41, 5.74) is 2.15. The third-order valence-electron chi connectivity index (χ3n) is 3.29. The summed E-state index contributed by atoms with van der Waals surface area (Å²) >= 11 is 3.29. The van der Waals surface area contributed by atoms with Gasteiger partial charge in [0.25, 0.3) is 0 Å². The molecule has 1 fully saturated rings. The predicted octanol–water partition coefficient (Wildman–Crippen LogP) is 4.41. The molecule has 1 unspecified atom stereocenters. The van der Waals surface area contributed by atoms with Crippen LogP contribution >= 0.6 is 23.1 Å². The molecule has 98 valence electrons. The second-order valence-electron chi connectivity index (χ2n) is 4.68. The smallest absolute Gasteiger partial charge is 0.151 e. The Morgan fingerprint density at radius 3 is 2.84 bits per heavy atom. The van der Waals surface area contributed by atoms with Crippen LogP contribution in [-0.4, -0.2) is 16.0 Å². The van der Waals surface area contributed by atoms with Gasteiger partial charge in [0, 0.05) is 17.4 Å². The first-order valence-electron chi connectivity index (χ1n) is 6.53. The fourth-order valence-corrected chi connectivity index (χ4v) is 4.45. The van der Waals surface area contributed by atoms with Gasteiger partial charge in [0.05, 0.1) is 10.9 Å². The van der Waals surface area contributed by atoms with Crippen LogP contribution < -0.4 is 0 Å². The Kier molecular flexibility index (Phi) is 3.99. The van der Waals surface area contributed by atoms with Gasteiger partial charge in [-0.1, -0.05) is 48.5 Å². The van der Waals surface area contributed by atoms with E-state index in [1.54, 1.807) is 23.1 Å². The number of carbonyl (C=O) groups excluding carboxylic acids is 1. The molecule has 0 bridgehead atoms. The van der Waals surface area contributed by atoms with E-state index in [0.29, 0.717) is 5.78 Å². The van der Waals surface area contributed by atoms with E-state index in [1.807, 2.05) is 18.2 Å². The summed E-state index contributed by atoms with van der Waals surface area (Å²) in [5, 5.41) is 2.20. The highest BCUT2D eigenvalue weighted by Crippen LogP contribution is 2.35. The summed E-state index contributed by atoms with van der Waals surface area (Å²) in [6.45, 7) is 0. The van der Waals surface area contributed by atoms with Gasteiger partial charge in [0.2, 0.25) is 0 Å². The molecule has 0 radical (unpaired) electrons. The van der Waals surface area contributed by atoms with Crippen LogP contribution in [0.1, 0.15) is 25.7 Å². The minimum absolute atomic E-state index is 0.128. The van der Waals surface area contributed by atoms with Crippen molar-refractivity contribution in [2.75, 3.05) is 0 Å². The van der Waals surface area contributed by atoms with E-state index >= 15 is 0 Å². The van der Waals surface area contributed by atoms with Crippen molar-refractivity contribution in [2.45, 2.75) is 35.3 Å². The van der Waals surface area contributed by atoms with Crippen molar-refractivity contribution in [3.05, 3.63) is 35.7 Å². The molecule has 1 atom stereocenters. The van der Waals surface area contributed by atoms with Crippen LogP contribution in [0.4, 0.5) is 0 Å². The fourth-order valence-electron chi connectivity index (χ4n) is 2.25. The molecule has 2 aromatic rings. The van der Waals surface area contributed by atoms with Gasteiger partial charge in [0.15, 0.2) is 4.34 Å². The van der Waals surface area contributed by atoms with Crippen LogP contribution in [0.15, 0.2) is 40.1 Å². The van der Waals surface area contributed by atoms with Gasteiger partial charge >= 0.3 is 0 Å². The van der Waals surface area contributed by atoms with E-state index in [9.17, 15) is 4.79 Å². The Morgan fingerprint density at radius 2 is 2.05 bits per heavy atom. The van der Waals surface area contributed by atoms with Crippen molar-refractivity contribution in [1.29, 1.82) is 0 Å². The summed E-state index contributed by atoms with van der Waals surface area (Å²) in [6, 6.07) is 10.2. The minimum atomic E-state index is 0.128. The van der Waals surface area contributed by atoms with Gasteiger partial charge in [-0.15, -0.1) is 11.3 Å². The summed E-state index contributed by atoms with van der Waals surface area (Å²) in [7, 11) is 0. The number of carbonyl (C=O) groups is 1. The Bertz CT molecular complexity index is 565. The van der Waals surface area contributed by atoms with Crippen molar-refractivity contribution >= 4 is 28.9 Å². The summed E-state index contributed by atoms with van der Waals surface area (Å²) in [4.78, 5) is 16.5. The van der Waals surface area contributed by atoms with Gasteiger partial charge in [-0.3, -0.25) is 4.79 Å². The number of benzene rings is 1. The van der Waals surface area contributed by atoms with E-state index in [-0.39, 0.29) is 5.25 Å². The Hall–Kier alpha value is -1.13. The average Bonchev–Trinajstić information content (AvgIpc) is 2.91. The standard InChI is InChI=1S/C15H15NOS2/c17-13-8-4-5-9-14(13)19-15-16-12(10-18-15)11-6-2-1-3-7-11/h1-3,6-7,10,14H,4-5,8-9H2. The van der Waals surface area contributed by atoms with Crippen LogP contribution in [-0.2, 0) is 4.79 Å². The topological polar surface area (TPSA) is 30.0 Å². The number of hydrogen-bond donors (Lipinski definition) is 0. The molecule has 1 aliphatic rings. The van der Waals surface area contributed by atoms with Crippen LogP contribution in [0.3, 0.4) is 0 Å². The van der Waals surface area contributed by atoms with Crippen molar-refractivity contribution < 1.29 is 4.79 Å². The maximum Gasteiger partial charge on any atom is 0.151 e. The lowest BCUT2D eigenvalue weighted by molar-refractivity contribution is -0.119. The number of ketones is 1. The molecule has 0 saturated heterocycles. The molecule has 4 heteroatoms. The zero-order valence-electron chi connectivity index (χ0n) is 10.5. The monoisotopic (exact) mass is 289 g/mol. The van der Waals surface area contributed by atoms with E-state index in [1.165, 1.54) is 6.42 Å². The first kappa shape index (κ1) is 12.9. The van der Waals surface area contributed by atoms with Crippen LogP contribution in [0.2, 0.25) is 0 Å². The molecular weight excluding hydrogens is 274 g/mol. The SMILES string of the molecule is O=C1CCCCC1Sc1nc(-c2ccccc2)cs1. The maximum atomic E-state index is 11.8. The highest BCUT2D eigenvalue weighted by molar-refractivity contribution is 8.02. The summed E-state index contributed by atoms with van der Waals surface area (Å²) < 4.78 is 1.01. The number of nitrogens with zero attached hydrogens (tertiary/aromatic N) is 1. The Labute approximate surface area is 121 Å². The number of thioether (sulfide) groups is 1. The van der Waals surface area contributed by atoms with Crippen molar-refractivity contribution in [3.63, 3.8) is 0 Å². The molecule has 1 saturated carbocycles. The van der Waals surface area contributed by atoms with Crippen LogP contribution in [0.25, 0.3) is 11.3 Å². The number of aromatic nitrogens is 1.